The van der Waals surface area contributed by atoms with E-state index in [1.54, 1.807) is 30.3 Å². The zero-order valence-electron chi connectivity index (χ0n) is 15.4. The molecular weight excluding hydrogens is 374 g/mol. The second-order valence-electron chi connectivity index (χ2n) is 6.19. The monoisotopic (exact) mass is 395 g/mol. The van der Waals surface area contributed by atoms with Crippen LogP contribution in [0.5, 0.6) is 0 Å². The molecule has 3 aromatic rings. The number of sulfonamides is 1. The van der Waals surface area contributed by atoms with Crippen molar-refractivity contribution < 1.29 is 13.2 Å². The first kappa shape index (κ1) is 19.6. The van der Waals surface area contributed by atoms with Crippen molar-refractivity contribution in [2.75, 3.05) is 24.2 Å². The maximum Gasteiger partial charge on any atom is 0.243 e. The summed E-state index contributed by atoms with van der Waals surface area (Å²) in [4.78, 5) is 12.4. The predicted molar refractivity (Wildman–Crippen MR) is 111 cm³/mol. The van der Waals surface area contributed by atoms with Crippen LogP contribution in [0.15, 0.2) is 89.8 Å². The molecule has 7 heteroatoms. The average Bonchev–Trinajstić information content (AvgIpc) is 2.71. The van der Waals surface area contributed by atoms with Gasteiger partial charge in [-0.3, -0.25) is 4.79 Å². The molecule has 0 radical (unpaired) electrons. The van der Waals surface area contributed by atoms with Gasteiger partial charge in [-0.1, -0.05) is 36.4 Å². The number of carbonyl (C=O) groups excluding carboxylic acids is 1. The van der Waals surface area contributed by atoms with Crippen molar-refractivity contribution in [2.45, 2.75) is 4.90 Å². The first-order valence-corrected chi connectivity index (χ1v) is 10.1. The maximum atomic E-state index is 12.5. The van der Waals surface area contributed by atoms with Crippen LogP contribution in [0.3, 0.4) is 0 Å². The quantitative estimate of drug-likeness (QED) is 0.640. The number of para-hydroxylation sites is 1. The highest BCUT2D eigenvalue weighted by molar-refractivity contribution is 7.89. The Morgan fingerprint density at radius 1 is 0.786 bits per heavy atom. The van der Waals surface area contributed by atoms with E-state index in [1.807, 2.05) is 42.5 Å². The van der Waals surface area contributed by atoms with Gasteiger partial charge in [0.15, 0.2) is 0 Å². The minimum Gasteiger partial charge on any atom is -0.356 e. The van der Waals surface area contributed by atoms with Crippen molar-refractivity contribution in [3.63, 3.8) is 0 Å². The lowest BCUT2D eigenvalue weighted by atomic mass is 10.2. The van der Waals surface area contributed by atoms with Crippen LogP contribution in [0.25, 0.3) is 0 Å². The number of carbonyl (C=O) groups is 1. The number of benzene rings is 3. The smallest absolute Gasteiger partial charge is 0.243 e. The molecule has 0 unspecified atom stereocenters. The van der Waals surface area contributed by atoms with Crippen molar-refractivity contribution in [1.29, 1.82) is 0 Å². The van der Waals surface area contributed by atoms with Crippen molar-refractivity contribution in [1.82, 2.24) is 4.31 Å². The third kappa shape index (κ3) is 4.97. The van der Waals surface area contributed by atoms with E-state index in [9.17, 15) is 13.2 Å². The number of rotatable bonds is 7. The van der Waals surface area contributed by atoms with Gasteiger partial charge in [0.1, 0.15) is 0 Å². The van der Waals surface area contributed by atoms with Crippen LogP contribution >= 0.6 is 0 Å². The molecule has 1 amide bonds. The fourth-order valence-electron chi connectivity index (χ4n) is 2.59. The van der Waals surface area contributed by atoms with Crippen LogP contribution in [0.2, 0.25) is 0 Å². The lowest BCUT2D eigenvalue weighted by molar-refractivity contribution is -0.116. The third-order valence-corrected chi connectivity index (χ3v) is 5.87. The van der Waals surface area contributed by atoms with Crippen molar-refractivity contribution in [3.05, 3.63) is 84.9 Å². The first-order chi connectivity index (χ1) is 13.4. The number of anilines is 3. The van der Waals surface area contributed by atoms with Crippen LogP contribution in [0.4, 0.5) is 17.1 Å². The Labute approximate surface area is 164 Å². The van der Waals surface area contributed by atoms with Crippen molar-refractivity contribution in [3.8, 4) is 0 Å². The Kier molecular flexibility index (Phi) is 6.08. The molecule has 28 heavy (non-hydrogen) atoms. The first-order valence-electron chi connectivity index (χ1n) is 8.68. The van der Waals surface area contributed by atoms with E-state index in [0.717, 1.165) is 15.7 Å². The summed E-state index contributed by atoms with van der Waals surface area (Å²) in [5.41, 5.74) is 2.44. The molecule has 0 saturated heterocycles. The zero-order valence-corrected chi connectivity index (χ0v) is 16.2. The standard InChI is InChI=1S/C21H21N3O3S/c1-24(28(26,27)20-10-6-3-7-11-20)16-21(25)23-19-14-12-18(13-15-19)22-17-8-4-2-5-9-17/h2-15,22H,16H2,1H3,(H,23,25). The number of nitrogens with zero attached hydrogens (tertiary/aromatic N) is 1. The number of hydrogen-bond donors (Lipinski definition) is 2. The van der Waals surface area contributed by atoms with Gasteiger partial charge < -0.3 is 10.6 Å². The minimum atomic E-state index is -3.71. The second kappa shape index (κ2) is 8.69. The molecule has 0 fully saturated rings. The van der Waals surface area contributed by atoms with E-state index < -0.39 is 15.9 Å². The number of likely N-dealkylation sites (N-methyl/N-ethyl adjacent to an activating group) is 1. The van der Waals surface area contributed by atoms with E-state index in [0.29, 0.717) is 5.69 Å². The van der Waals surface area contributed by atoms with Gasteiger partial charge in [0.05, 0.1) is 11.4 Å². The predicted octanol–water partition coefficient (Wildman–Crippen LogP) is 3.69. The van der Waals surface area contributed by atoms with E-state index >= 15 is 0 Å². The molecule has 0 heterocycles. The molecule has 0 bridgehead atoms. The molecule has 0 atom stereocenters. The van der Waals surface area contributed by atoms with E-state index in [2.05, 4.69) is 10.6 Å². The number of amides is 1. The van der Waals surface area contributed by atoms with Gasteiger partial charge in [0.2, 0.25) is 15.9 Å². The Morgan fingerprint density at radius 2 is 1.29 bits per heavy atom. The Bertz CT molecular complexity index is 1020. The fourth-order valence-corrected chi connectivity index (χ4v) is 3.73. The topological polar surface area (TPSA) is 78.5 Å². The molecular formula is C21H21N3O3S. The largest absolute Gasteiger partial charge is 0.356 e. The molecule has 0 spiro atoms. The van der Waals surface area contributed by atoms with Crippen molar-refractivity contribution >= 4 is 33.0 Å². The van der Waals surface area contributed by atoms with Gasteiger partial charge in [0.25, 0.3) is 0 Å². The normalized spacial score (nSPS) is 11.2. The van der Waals surface area contributed by atoms with E-state index in [-0.39, 0.29) is 11.4 Å². The second-order valence-corrected chi connectivity index (χ2v) is 8.24. The van der Waals surface area contributed by atoms with Crippen LogP contribution in [-0.4, -0.2) is 32.2 Å². The van der Waals surface area contributed by atoms with Gasteiger partial charge in [-0.25, -0.2) is 8.42 Å². The van der Waals surface area contributed by atoms with Gasteiger partial charge in [-0.2, -0.15) is 4.31 Å². The fraction of sp³-hybridized carbons (Fsp3) is 0.0952. The summed E-state index contributed by atoms with van der Waals surface area (Å²) in [6.07, 6.45) is 0. The molecule has 2 N–H and O–H groups in total. The number of nitrogens with one attached hydrogen (secondary N) is 2. The van der Waals surface area contributed by atoms with Gasteiger partial charge in [-0.05, 0) is 48.5 Å². The van der Waals surface area contributed by atoms with E-state index in [1.165, 1.54) is 19.2 Å². The van der Waals surface area contributed by atoms with Crippen LogP contribution in [0.1, 0.15) is 0 Å². The molecule has 3 rings (SSSR count). The number of hydrogen-bond acceptors (Lipinski definition) is 4. The third-order valence-electron chi connectivity index (χ3n) is 4.05. The summed E-state index contributed by atoms with van der Waals surface area (Å²) in [7, 11) is -2.32. The van der Waals surface area contributed by atoms with Crippen LogP contribution in [0, 0.1) is 0 Å². The zero-order chi connectivity index (χ0) is 20.0. The highest BCUT2D eigenvalue weighted by Gasteiger charge is 2.22. The Morgan fingerprint density at radius 3 is 1.89 bits per heavy atom. The lowest BCUT2D eigenvalue weighted by Crippen LogP contribution is -2.34. The van der Waals surface area contributed by atoms with Crippen molar-refractivity contribution in [2.24, 2.45) is 0 Å². The van der Waals surface area contributed by atoms with E-state index in [4.69, 9.17) is 0 Å². The summed E-state index contributed by atoms with van der Waals surface area (Å²) < 4.78 is 26.0. The van der Waals surface area contributed by atoms with Crippen LogP contribution in [-0.2, 0) is 14.8 Å². The average molecular weight is 395 g/mol. The van der Waals surface area contributed by atoms with Gasteiger partial charge in [-0.15, -0.1) is 0 Å². The summed E-state index contributed by atoms with van der Waals surface area (Å²) in [5.74, 6) is -0.411. The molecule has 0 aliphatic rings. The molecule has 0 aromatic heterocycles. The Hall–Kier alpha value is -3.16. The SMILES string of the molecule is CN(CC(=O)Nc1ccc(Nc2ccccc2)cc1)S(=O)(=O)c1ccccc1. The molecule has 6 nitrogen and oxygen atoms in total. The molecule has 0 aliphatic carbocycles. The summed E-state index contributed by atoms with van der Waals surface area (Å²) in [6.45, 7) is -0.277. The molecule has 0 saturated carbocycles. The molecule has 0 aliphatic heterocycles. The van der Waals surface area contributed by atoms with Gasteiger partial charge in [0, 0.05) is 24.1 Å². The van der Waals surface area contributed by atoms with Gasteiger partial charge >= 0.3 is 0 Å². The minimum absolute atomic E-state index is 0.154. The summed E-state index contributed by atoms with van der Waals surface area (Å²) in [5, 5.41) is 5.97. The highest BCUT2D eigenvalue weighted by Crippen LogP contribution is 2.19. The summed E-state index contributed by atoms with van der Waals surface area (Å²) in [6, 6.07) is 25.0. The molecule has 3 aromatic carbocycles. The lowest BCUT2D eigenvalue weighted by Gasteiger charge is -2.17. The Balaban J connectivity index is 1.59. The van der Waals surface area contributed by atoms with Crippen LogP contribution < -0.4 is 10.6 Å². The maximum absolute atomic E-state index is 12.5. The highest BCUT2D eigenvalue weighted by atomic mass is 32.2. The summed E-state index contributed by atoms with van der Waals surface area (Å²) >= 11 is 0. The molecule has 144 valence electrons.